The summed E-state index contributed by atoms with van der Waals surface area (Å²) < 4.78 is 0.303. The van der Waals surface area contributed by atoms with Gasteiger partial charge in [0.2, 0.25) is 0 Å². The highest BCUT2D eigenvalue weighted by Crippen LogP contribution is 2.39. The summed E-state index contributed by atoms with van der Waals surface area (Å²) in [4.78, 5) is 48.5. The second-order valence-electron chi connectivity index (χ2n) is 5.06. The van der Waals surface area contributed by atoms with Crippen LogP contribution in [0.1, 0.15) is 47.0 Å². The van der Waals surface area contributed by atoms with Crippen LogP contribution < -0.4 is 10.6 Å². The van der Waals surface area contributed by atoms with Crippen molar-refractivity contribution in [1.29, 1.82) is 5.26 Å². The molecule has 0 atom stereocenters. The lowest BCUT2D eigenvalue weighted by molar-refractivity contribution is 0.0823. The predicted molar refractivity (Wildman–Crippen MR) is 80.0 cm³/mol. The molecule has 0 aromatic heterocycles. The van der Waals surface area contributed by atoms with Gasteiger partial charge in [0.05, 0.1) is 16.7 Å². The lowest BCUT2D eigenvalue weighted by atomic mass is 9.84. The van der Waals surface area contributed by atoms with Crippen LogP contribution in [0, 0.1) is 11.3 Å². The first-order valence-corrected chi connectivity index (χ1v) is 7.18. The van der Waals surface area contributed by atoms with Crippen LogP contribution in [0.2, 0.25) is 0 Å². The van der Waals surface area contributed by atoms with Crippen LogP contribution in [0.4, 0.5) is 0 Å². The monoisotopic (exact) mass is 369 g/mol. The quantitative estimate of drug-likeness (QED) is 0.677. The van der Waals surface area contributed by atoms with Crippen molar-refractivity contribution < 1.29 is 19.2 Å². The highest BCUT2D eigenvalue weighted by atomic mass is 79.9. The van der Waals surface area contributed by atoms with E-state index in [0.29, 0.717) is 4.47 Å². The Labute approximate surface area is 136 Å². The number of rotatable bonds is 0. The summed E-state index contributed by atoms with van der Waals surface area (Å²) >= 11 is 3.22. The van der Waals surface area contributed by atoms with Crippen molar-refractivity contribution in [3.8, 4) is 6.07 Å². The Morgan fingerprint density at radius 3 is 2.04 bits per heavy atom. The molecule has 2 aliphatic rings. The average Bonchev–Trinajstić information content (AvgIpc) is 2.49. The standard InChI is InChI=1S/C15H4BrN3O4/c16-7-2-6-9-5(12(20)18-13(6)21)1-4(3-17)8-11(9)10(7)15(23)19-14(8)22/h1-2H,(H,18,20,21)(H,19,22,23). The fourth-order valence-electron chi connectivity index (χ4n) is 2.97. The van der Waals surface area contributed by atoms with Gasteiger partial charge in [0.25, 0.3) is 23.6 Å². The number of nitrogens with zero attached hydrogens (tertiary/aromatic N) is 1. The first-order valence-electron chi connectivity index (χ1n) is 6.38. The fourth-order valence-corrected chi connectivity index (χ4v) is 3.58. The van der Waals surface area contributed by atoms with Crippen LogP contribution in [0.25, 0.3) is 10.8 Å². The summed E-state index contributed by atoms with van der Waals surface area (Å²) in [6, 6.07) is 4.55. The second-order valence-corrected chi connectivity index (χ2v) is 5.91. The van der Waals surface area contributed by atoms with Gasteiger partial charge in [0.1, 0.15) is 6.07 Å². The Kier molecular flexibility index (Phi) is 2.51. The molecule has 0 radical (unpaired) electrons. The van der Waals surface area contributed by atoms with Crippen molar-refractivity contribution in [2.75, 3.05) is 0 Å². The molecule has 0 spiro atoms. The summed E-state index contributed by atoms with van der Waals surface area (Å²) in [7, 11) is 0. The second kappa shape index (κ2) is 4.24. The van der Waals surface area contributed by atoms with Gasteiger partial charge >= 0.3 is 0 Å². The Morgan fingerprint density at radius 1 is 0.826 bits per heavy atom. The van der Waals surface area contributed by atoms with Crippen LogP contribution in [0.15, 0.2) is 16.6 Å². The number of carbonyl (C=O) groups excluding carboxylic acids is 4. The van der Waals surface area contributed by atoms with Gasteiger partial charge < -0.3 is 0 Å². The zero-order valence-corrected chi connectivity index (χ0v) is 12.7. The summed E-state index contributed by atoms with van der Waals surface area (Å²) in [5.74, 6) is -2.67. The van der Waals surface area contributed by atoms with Gasteiger partial charge in [-0.1, -0.05) is 0 Å². The first kappa shape index (κ1) is 13.6. The molecule has 110 valence electrons. The topological polar surface area (TPSA) is 116 Å². The Morgan fingerprint density at radius 2 is 1.39 bits per heavy atom. The molecular weight excluding hydrogens is 366 g/mol. The van der Waals surface area contributed by atoms with Gasteiger partial charge in [-0.2, -0.15) is 5.26 Å². The number of nitriles is 1. The number of imide groups is 2. The molecule has 2 heterocycles. The SMILES string of the molecule is N#Cc1cc2c3c(cc(Br)c4c3c1C(=O)NC4=O)C(=O)NC2=O. The van der Waals surface area contributed by atoms with Crippen molar-refractivity contribution in [3.05, 3.63) is 44.4 Å². The van der Waals surface area contributed by atoms with Gasteiger partial charge in [-0.3, -0.25) is 29.8 Å². The van der Waals surface area contributed by atoms with Crippen molar-refractivity contribution >= 4 is 50.3 Å². The van der Waals surface area contributed by atoms with Gasteiger partial charge in [-0.15, -0.1) is 0 Å². The molecule has 0 bridgehead atoms. The molecule has 2 N–H and O–H groups in total. The molecular formula is C15H4BrN3O4. The van der Waals surface area contributed by atoms with Crippen molar-refractivity contribution in [2.24, 2.45) is 0 Å². The average molecular weight is 370 g/mol. The molecule has 4 rings (SSSR count). The van der Waals surface area contributed by atoms with E-state index >= 15 is 0 Å². The summed E-state index contributed by atoms with van der Waals surface area (Å²) in [6.45, 7) is 0. The smallest absolute Gasteiger partial charge is 0.260 e. The van der Waals surface area contributed by atoms with Gasteiger partial charge in [-0.25, -0.2) is 0 Å². The highest BCUT2D eigenvalue weighted by Gasteiger charge is 2.36. The van der Waals surface area contributed by atoms with Crippen molar-refractivity contribution in [1.82, 2.24) is 10.6 Å². The predicted octanol–water partition coefficient (Wildman–Crippen LogP) is 1.24. The molecule has 0 fully saturated rings. The number of nitrogens with one attached hydrogen (secondary N) is 2. The van der Waals surface area contributed by atoms with E-state index in [2.05, 4.69) is 26.6 Å². The minimum absolute atomic E-state index is 0.00843. The lowest BCUT2D eigenvalue weighted by Crippen LogP contribution is -2.39. The Bertz CT molecular complexity index is 1070. The van der Waals surface area contributed by atoms with Crippen LogP contribution in [-0.4, -0.2) is 23.6 Å². The largest absolute Gasteiger partial charge is 0.288 e. The van der Waals surface area contributed by atoms with E-state index in [0.717, 1.165) is 0 Å². The van der Waals surface area contributed by atoms with E-state index < -0.39 is 23.6 Å². The molecule has 0 saturated heterocycles. The zero-order chi connectivity index (χ0) is 16.5. The van der Waals surface area contributed by atoms with Crippen LogP contribution in [0.3, 0.4) is 0 Å². The van der Waals surface area contributed by atoms with E-state index in [1.807, 2.05) is 6.07 Å². The zero-order valence-electron chi connectivity index (χ0n) is 11.1. The summed E-state index contributed by atoms with van der Waals surface area (Å²) in [6.07, 6.45) is 0. The molecule has 23 heavy (non-hydrogen) atoms. The van der Waals surface area contributed by atoms with E-state index in [1.165, 1.54) is 12.1 Å². The Hall–Kier alpha value is -3.05. The minimum atomic E-state index is -0.729. The van der Waals surface area contributed by atoms with E-state index in [9.17, 15) is 24.4 Å². The molecule has 0 saturated carbocycles. The van der Waals surface area contributed by atoms with Crippen molar-refractivity contribution in [3.63, 3.8) is 0 Å². The molecule has 7 nitrogen and oxygen atoms in total. The van der Waals surface area contributed by atoms with Crippen LogP contribution in [-0.2, 0) is 0 Å². The van der Waals surface area contributed by atoms with Gasteiger partial charge in [0.15, 0.2) is 0 Å². The van der Waals surface area contributed by atoms with E-state index in [4.69, 9.17) is 0 Å². The maximum absolute atomic E-state index is 12.2. The summed E-state index contributed by atoms with van der Waals surface area (Å²) in [5, 5.41) is 14.0. The minimum Gasteiger partial charge on any atom is -0.288 e. The molecule has 2 aromatic carbocycles. The molecule has 8 heteroatoms. The third-order valence-electron chi connectivity index (χ3n) is 3.87. The molecule has 4 amide bonds. The third kappa shape index (κ3) is 1.57. The molecule has 0 aliphatic carbocycles. The molecule has 0 unspecified atom stereocenters. The number of benzene rings is 2. The van der Waals surface area contributed by atoms with E-state index in [-0.39, 0.29) is 38.6 Å². The molecule has 2 aliphatic heterocycles. The first-order chi connectivity index (χ1) is 10.9. The third-order valence-corrected chi connectivity index (χ3v) is 4.50. The van der Waals surface area contributed by atoms with Crippen LogP contribution >= 0.6 is 15.9 Å². The maximum Gasteiger partial charge on any atom is 0.260 e. The van der Waals surface area contributed by atoms with Crippen LogP contribution in [0.5, 0.6) is 0 Å². The normalized spacial score (nSPS) is 15.3. The Balaban J connectivity index is 2.38. The maximum atomic E-state index is 12.2. The highest BCUT2D eigenvalue weighted by molar-refractivity contribution is 9.10. The number of hydrogen-bond donors (Lipinski definition) is 2. The fraction of sp³-hybridized carbons (Fsp3) is 0. The number of halogens is 1. The number of amides is 4. The van der Waals surface area contributed by atoms with Gasteiger partial charge in [-0.05, 0) is 28.1 Å². The van der Waals surface area contributed by atoms with E-state index in [1.54, 1.807) is 0 Å². The van der Waals surface area contributed by atoms with Gasteiger partial charge in [0, 0.05) is 26.4 Å². The van der Waals surface area contributed by atoms with Crippen molar-refractivity contribution in [2.45, 2.75) is 0 Å². The number of carbonyl (C=O) groups is 4. The molecule has 2 aromatic rings. The number of hydrogen-bond acceptors (Lipinski definition) is 5. The summed E-state index contributed by atoms with van der Waals surface area (Å²) in [5.41, 5.74) is 0.335. The lowest BCUT2D eigenvalue weighted by Gasteiger charge is -2.24.